The van der Waals surface area contributed by atoms with Crippen molar-refractivity contribution in [3.05, 3.63) is 26.9 Å². The maximum atomic E-state index is 11.0. The van der Waals surface area contributed by atoms with Crippen LogP contribution in [-0.4, -0.2) is 23.0 Å². The third kappa shape index (κ3) is 3.39. The van der Waals surface area contributed by atoms with Crippen molar-refractivity contribution < 1.29 is 4.92 Å². The second kappa shape index (κ2) is 5.95. The Hall–Kier alpha value is -1.17. The Labute approximate surface area is 109 Å². The number of hydrogen-bond acceptors (Lipinski definition) is 4. The third-order valence-electron chi connectivity index (χ3n) is 2.71. The first-order valence-electron chi connectivity index (χ1n) is 5.50. The van der Waals surface area contributed by atoms with E-state index in [1.54, 1.807) is 6.20 Å². The van der Waals surface area contributed by atoms with E-state index in [2.05, 4.69) is 27.8 Å². The van der Waals surface area contributed by atoms with Gasteiger partial charge in [-0.05, 0) is 29.3 Å². The Morgan fingerprint density at radius 2 is 2.29 bits per heavy atom. The minimum Gasteiger partial charge on any atom is -0.351 e. The van der Waals surface area contributed by atoms with Crippen molar-refractivity contribution >= 4 is 27.4 Å². The monoisotopic (exact) mass is 301 g/mol. The van der Waals surface area contributed by atoms with Crippen LogP contribution in [0.3, 0.4) is 0 Å². The summed E-state index contributed by atoms with van der Waals surface area (Å²) < 4.78 is 0.615. The van der Waals surface area contributed by atoms with E-state index in [0.29, 0.717) is 10.3 Å². The molecule has 0 aliphatic carbocycles. The second-order valence-electron chi connectivity index (χ2n) is 4.00. The molecule has 6 heteroatoms. The van der Waals surface area contributed by atoms with Crippen molar-refractivity contribution in [3.8, 4) is 0 Å². The molecule has 1 atom stereocenters. The lowest BCUT2D eigenvalue weighted by molar-refractivity contribution is -0.384. The number of nitro groups is 1. The maximum Gasteiger partial charge on any atom is 0.312 e. The highest BCUT2D eigenvalue weighted by molar-refractivity contribution is 9.10. The molecule has 0 saturated carbocycles. The first-order valence-corrected chi connectivity index (χ1v) is 6.29. The van der Waals surface area contributed by atoms with Crippen molar-refractivity contribution in [1.29, 1.82) is 0 Å². The molecule has 1 aromatic rings. The van der Waals surface area contributed by atoms with E-state index >= 15 is 0 Å². The predicted molar refractivity (Wildman–Crippen MR) is 71.4 cm³/mol. The van der Waals surface area contributed by atoms with Crippen LogP contribution in [0, 0.1) is 10.1 Å². The van der Waals surface area contributed by atoms with E-state index in [1.165, 1.54) is 6.07 Å². The fourth-order valence-corrected chi connectivity index (χ4v) is 1.97. The van der Waals surface area contributed by atoms with Crippen LogP contribution < -0.4 is 4.90 Å². The quantitative estimate of drug-likeness (QED) is 0.618. The summed E-state index contributed by atoms with van der Waals surface area (Å²) in [5.41, 5.74) is 0.0322. The van der Waals surface area contributed by atoms with E-state index in [0.717, 1.165) is 12.8 Å². The number of nitrogens with zero attached hydrogens (tertiary/aromatic N) is 3. The average molecular weight is 302 g/mol. The summed E-state index contributed by atoms with van der Waals surface area (Å²) in [6.07, 6.45) is 3.60. The molecule has 0 aliphatic rings. The van der Waals surface area contributed by atoms with Gasteiger partial charge in [0.2, 0.25) is 5.82 Å². The number of hydrogen-bond donors (Lipinski definition) is 0. The smallest absolute Gasteiger partial charge is 0.312 e. The zero-order valence-corrected chi connectivity index (χ0v) is 11.8. The topological polar surface area (TPSA) is 59.3 Å². The number of halogens is 1. The van der Waals surface area contributed by atoms with Gasteiger partial charge in [-0.2, -0.15) is 0 Å². The highest BCUT2D eigenvalue weighted by Crippen LogP contribution is 2.29. The number of anilines is 1. The molecule has 1 unspecified atom stereocenters. The summed E-state index contributed by atoms with van der Waals surface area (Å²) in [7, 11) is 1.84. The van der Waals surface area contributed by atoms with Crippen LogP contribution in [0.15, 0.2) is 16.7 Å². The van der Waals surface area contributed by atoms with Crippen LogP contribution in [-0.2, 0) is 0 Å². The lowest BCUT2D eigenvalue weighted by atomic mass is 10.1. The van der Waals surface area contributed by atoms with Crippen molar-refractivity contribution in [3.63, 3.8) is 0 Å². The molecule has 0 aliphatic heterocycles. The summed E-state index contributed by atoms with van der Waals surface area (Å²) in [6, 6.07) is 1.71. The zero-order chi connectivity index (χ0) is 13.0. The molecule has 1 aromatic heterocycles. The van der Waals surface area contributed by atoms with Crippen molar-refractivity contribution in [2.45, 2.75) is 32.7 Å². The van der Waals surface area contributed by atoms with Gasteiger partial charge in [-0.3, -0.25) is 10.1 Å². The van der Waals surface area contributed by atoms with Gasteiger partial charge in [0.1, 0.15) is 0 Å². The third-order valence-corrected chi connectivity index (χ3v) is 3.15. The molecule has 1 heterocycles. The molecule has 0 amide bonds. The Kier molecular flexibility index (Phi) is 4.86. The number of pyridine rings is 1. The van der Waals surface area contributed by atoms with Gasteiger partial charge in [-0.1, -0.05) is 13.3 Å². The summed E-state index contributed by atoms with van der Waals surface area (Å²) in [5.74, 6) is 0.416. The molecule has 0 N–H and O–H groups in total. The second-order valence-corrected chi connectivity index (χ2v) is 4.92. The molecule has 0 radical (unpaired) electrons. The molecule has 0 saturated heterocycles. The largest absolute Gasteiger partial charge is 0.351 e. The van der Waals surface area contributed by atoms with Crippen molar-refractivity contribution in [2.24, 2.45) is 0 Å². The Balaban J connectivity index is 3.08. The lowest BCUT2D eigenvalue weighted by Crippen LogP contribution is -2.30. The van der Waals surface area contributed by atoms with E-state index in [4.69, 9.17) is 0 Å². The van der Waals surface area contributed by atoms with Crippen LogP contribution >= 0.6 is 15.9 Å². The minimum atomic E-state index is -0.401. The Morgan fingerprint density at radius 3 is 2.82 bits per heavy atom. The van der Waals surface area contributed by atoms with Crippen LogP contribution in [0.2, 0.25) is 0 Å². The van der Waals surface area contributed by atoms with Crippen LogP contribution in [0.1, 0.15) is 26.7 Å². The minimum absolute atomic E-state index is 0.0322. The zero-order valence-electron chi connectivity index (χ0n) is 10.2. The van der Waals surface area contributed by atoms with Crippen molar-refractivity contribution in [2.75, 3.05) is 11.9 Å². The standard InChI is InChI=1S/C11H16BrN3O2/c1-4-5-8(2)14(3)11-10(15(16)17)6-9(12)7-13-11/h6-8H,4-5H2,1-3H3. The highest BCUT2D eigenvalue weighted by atomic mass is 79.9. The van der Waals surface area contributed by atoms with Gasteiger partial charge in [0.15, 0.2) is 0 Å². The summed E-state index contributed by atoms with van der Waals surface area (Å²) in [5, 5.41) is 11.0. The molecule has 0 bridgehead atoms. The van der Waals surface area contributed by atoms with Crippen LogP contribution in [0.4, 0.5) is 11.5 Å². The van der Waals surface area contributed by atoms with Crippen LogP contribution in [0.5, 0.6) is 0 Å². The number of rotatable bonds is 5. The normalized spacial score (nSPS) is 12.2. The average Bonchev–Trinajstić information content (AvgIpc) is 2.28. The molecule has 17 heavy (non-hydrogen) atoms. The van der Waals surface area contributed by atoms with Gasteiger partial charge in [-0.15, -0.1) is 0 Å². The van der Waals surface area contributed by atoms with Gasteiger partial charge in [-0.25, -0.2) is 4.98 Å². The Bertz CT molecular complexity index is 412. The van der Waals surface area contributed by atoms with E-state index in [-0.39, 0.29) is 11.7 Å². The summed E-state index contributed by atoms with van der Waals surface area (Å²) >= 11 is 3.20. The fraction of sp³-hybridized carbons (Fsp3) is 0.545. The number of aromatic nitrogens is 1. The van der Waals surface area contributed by atoms with E-state index in [1.807, 2.05) is 18.9 Å². The van der Waals surface area contributed by atoms with Gasteiger partial charge < -0.3 is 4.90 Å². The molecule has 0 fully saturated rings. The summed E-state index contributed by atoms with van der Waals surface area (Å²) in [4.78, 5) is 16.6. The first-order chi connectivity index (χ1) is 7.97. The fourth-order valence-electron chi connectivity index (χ4n) is 1.65. The molecular formula is C11H16BrN3O2. The summed E-state index contributed by atoms with van der Waals surface area (Å²) in [6.45, 7) is 4.13. The molecule has 0 spiro atoms. The van der Waals surface area contributed by atoms with Crippen LogP contribution in [0.25, 0.3) is 0 Å². The van der Waals surface area contributed by atoms with Gasteiger partial charge in [0.05, 0.1) is 4.92 Å². The van der Waals surface area contributed by atoms with Gasteiger partial charge in [0.25, 0.3) is 0 Å². The molecular weight excluding hydrogens is 286 g/mol. The SMILES string of the molecule is CCCC(C)N(C)c1ncc(Br)cc1[N+](=O)[O-]. The lowest BCUT2D eigenvalue weighted by Gasteiger charge is -2.25. The van der Waals surface area contributed by atoms with Gasteiger partial charge in [0, 0.05) is 29.8 Å². The highest BCUT2D eigenvalue weighted by Gasteiger charge is 2.22. The Morgan fingerprint density at radius 1 is 1.65 bits per heavy atom. The van der Waals surface area contributed by atoms with Gasteiger partial charge >= 0.3 is 5.69 Å². The molecule has 0 aromatic carbocycles. The van der Waals surface area contributed by atoms with E-state index < -0.39 is 4.92 Å². The predicted octanol–water partition coefficient (Wildman–Crippen LogP) is 3.38. The molecule has 5 nitrogen and oxygen atoms in total. The molecule has 94 valence electrons. The molecule has 1 rings (SSSR count). The first kappa shape index (κ1) is 13.9. The van der Waals surface area contributed by atoms with Crippen molar-refractivity contribution in [1.82, 2.24) is 4.98 Å². The maximum absolute atomic E-state index is 11.0. The van der Waals surface area contributed by atoms with E-state index in [9.17, 15) is 10.1 Å².